The molecule has 0 radical (unpaired) electrons. The predicted octanol–water partition coefficient (Wildman–Crippen LogP) is 3.60. The van der Waals surface area contributed by atoms with Crippen molar-refractivity contribution in [2.75, 3.05) is 0 Å². The van der Waals surface area contributed by atoms with E-state index in [1.165, 1.54) is 5.41 Å². The Bertz CT molecular complexity index is 804. The first-order valence-corrected chi connectivity index (χ1v) is 8.51. The van der Waals surface area contributed by atoms with Gasteiger partial charge in [0.25, 0.3) is 0 Å². The fourth-order valence-corrected chi connectivity index (χ4v) is 3.40. The number of hydrogen-bond donors (Lipinski definition) is 0. The molecular formula is C18H16O3S. The maximum atomic E-state index is 11.9. The zero-order chi connectivity index (χ0) is 15.4. The van der Waals surface area contributed by atoms with Crippen LogP contribution in [0.25, 0.3) is 0 Å². The molecule has 1 aliphatic heterocycles. The van der Waals surface area contributed by atoms with E-state index in [1.54, 1.807) is 0 Å². The van der Waals surface area contributed by atoms with Crippen LogP contribution in [0, 0.1) is 0 Å². The number of rotatable bonds is 4. The van der Waals surface area contributed by atoms with Gasteiger partial charge < -0.3 is 4.18 Å². The Morgan fingerprint density at radius 1 is 0.773 bits per heavy atom. The van der Waals surface area contributed by atoms with Crippen molar-refractivity contribution in [3.8, 4) is 0 Å². The normalized spacial score (nSPS) is 16.4. The lowest BCUT2D eigenvalue weighted by atomic mass is 10.0. The minimum Gasteiger partial charge on any atom is -0.384 e. The smallest absolute Gasteiger partial charge is 0.332 e. The van der Waals surface area contributed by atoms with Crippen LogP contribution in [0.4, 0.5) is 0 Å². The zero-order valence-electron chi connectivity index (χ0n) is 12.0. The Morgan fingerprint density at radius 3 is 1.91 bits per heavy atom. The first-order chi connectivity index (χ1) is 10.6. The largest absolute Gasteiger partial charge is 0.384 e. The Balaban J connectivity index is 1.84. The van der Waals surface area contributed by atoms with E-state index in [0.29, 0.717) is 18.6 Å². The lowest BCUT2D eigenvalue weighted by Crippen LogP contribution is -2.11. The topological polar surface area (TPSA) is 43.4 Å². The summed E-state index contributed by atoms with van der Waals surface area (Å²) >= 11 is 0. The molecule has 112 valence electrons. The van der Waals surface area contributed by atoms with Crippen LogP contribution in [0.15, 0.2) is 83.5 Å². The van der Waals surface area contributed by atoms with Gasteiger partial charge in [-0.2, -0.15) is 8.42 Å². The molecule has 0 spiro atoms. The van der Waals surface area contributed by atoms with E-state index in [-0.39, 0.29) is 0 Å². The van der Waals surface area contributed by atoms with Crippen LogP contribution in [0.5, 0.6) is 0 Å². The minimum atomic E-state index is -3.65. The maximum Gasteiger partial charge on any atom is 0.332 e. The van der Waals surface area contributed by atoms with Gasteiger partial charge in [0.1, 0.15) is 5.76 Å². The van der Waals surface area contributed by atoms with E-state index in [9.17, 15) is 8.42 Å². The molecule has 2 aromatic carbocycles. The van der Waals surface area contributed by atoms with Crippen molar-refractivity contribution >= 4 is 10.1 Å². The summed E-state index contributed by atoms with van der Waals surface area (Å²) in [7, 11) is -3.65. The van der Waals surface area contributed by atoms with Crippen LogP contribution in [-0.4, -0.2) is 8.42 Å². The zero-order valence-corrected chi connectivity index (χ0v) is 12.8. The fourth-order valence-electron chi connectivity index (χ4n) is 2.43. The fraction of sp³-hybridized carbons (Fsp3) is 0.111. The molecule has 3 rings (SSSR count). The standard InChI is InChI=1S/C18H16O3S/c19-22(20)14-17(11-15-7-3-1-4-8-15)13-18(21-22)12-16-9-5-2-6-10-16/h1-10,13-14H,11-12H2. The van der Waals surface area contributed by atoms with Crippen molar-refractivity contribution in [1.82, 2.24) is 0 Å². The molecule has 2 aromatic rings. The van der Waals surface area contributed by atoms with Crippen molar-refractivity contribution in [3.63, 3.8) is 0 Å². The van der Waals surface area contributed by atoms with Gasteiger partial charge in [-0.1, -0.05) is 60.7 Å². The number of hydrogen-bond acceptors (Lipinski definition) is 3. The third-order valence-electron chi connectivity index (χ3n) is 3.34. The molecule has 0 bridgehead atoms. The second-order valence-corrected chi connectivity index (χ2v) is 6.59. The quantitative estimate of drug-likeness (QED) is 0.810. The highest BCUT2D eigenvalue weighted by atomic mass is 32.2. The summed E-state index contributed by atoms with van der Waals surface area (Å²) in [6, 6.07) is 19.5. The molecule has 3 nitrogen and oxygen atoms in total. The molecule has 1 aliphatic rings. The summed E-state index contributed by atoms with van der Waals surface area (Å²) in [6.07, 6.45) is 2.86. The van der Waals surface area contributed by atoms with E-state index in [0.717, 1.165) is 16.7 Å². The molecule has 22 heavy (non-hydrogen) atoms. The van der Waals surface area contributed by atoms with Crippen LogP contribution in [0.3, 0.4) is 0 Å². The summed E-state index contributed by atoms with van der Waals surface area (Å²) < 4.78 is 28.9. The molecule has 0 aliphatic carbocycles. The van der Waals surface area contributed by atoms with E-state index >= 15 is 0 Å². The third-order valence-corrected chi connectivity index (χ3v) is 4.38. The molecule has 1 heterocycles. The summed E-state index contributed by atoms with van der Waals surface area (Å²) in [5.74, 6) is 0.458. The van der Waals surface area contributed by atoms with Crippen molar-refractivity contribution in [2.24, 2.45) is 0 Å². The maximum absolute atomic E-state index is 11.9. The summed E-state index contributed by atoms with van der Waals surface area (Å²) in [6.45, 7) is 0. The van der Waals surface area contributed by atoms with E-state index < -0.39 is 10.1 Å². The van der Waals surface area contributed by atoms with Crippen LogP contribution < -0.4 is 0 Å². The molecule has 0 atom stereocenters. The highest BCUT2D eigenvalue weighted by molar-refractivity contribution is 7.89. The molecule has 0 fully saturated rings. The van der Waals surface area contributed by atoms with Gasteiger partial charge in [-0.15, -0.1) is 0 Å². The number of allylic oxidation sites excluding steroid dienone is 3. The first kappa shape index (κ1) is 14.6. The van der Waals surface area contributed by atoms with Gasteiger partial charge in [0.05, 0.1) is 5.41 Å². The average Bonchev–Trinajstić information content (AvgIpc) is 2.47. The van der Waals surface area contributed by atoms with Crippen molar-refractivity contribution in [3.05, 3.63) is 94.6 Å². The molecule has 4 heteroatoms. The van der Waals surface area contributed by atoms with Crippen LogP contribution >= 0.6 is 0 Å². The molecule has 0 unspecified atom stereocenters. The van der Waals surface area contributed by atoms with Crippen molar-refractivity contribution in [1.29, 1.82) is 0 Å². The molecule has 0 aromatic heterocycles. The van der Waals surface area contributed by atoms with Crippen LogP contribution in [0.2, 0.25) is 0 Å². The summed E-state index contributed by atoms with van der Waals surface area (Å²) in [4.78, 5) is 0. The van der Waals surface area contributed by atoms with Crippen molar-refractivity contribution in [2.45, 2.75) is 12.8 Å². The Labute approximate surface area is 130 Å². The third kappa shape index (κ3) is 3.86. The molecule has 0 N–H and O–H groups in total. The molecule has 0 amide bonds. The molecule has 0 saturated heterocycles. The SMILES string of the molecule is O=S1(=O)C=C(Cc2ccccc2)C=C(Cc2ccccc2)O1. The van der Waals surface area contributed by atoms with Gasteiger partial charge in [0.15, 0.2) is 0 Å². The highest BCUT2D eigenvalue weighted by Gasteiger charge is 2.19. The second-order valence-electron chi connectivity index (χ2n) is 5.20. The lowest BCUT2D eigenvalue weighted by Gasteiger charge is -2.15. The monoisotopic (exact) mass is 312 g/mol. The van der Waals surface area contributed by atoms with Gasteiger partial charge in [0, 0.05) is 6.42 Å². The van der Waals surface area contributed by atoms with E-state index in [1.807, 2.05) is 66.7 Å². The van der Waals surface area contributed by atoms with Gasteiger partial charge in [-0.25, -0.2) is 0 Å². The second kappa shape index (κ2) is 6.20. The summed E-state index contributed by atoms with van der Waals surface area (Å²) in [5, 5.41) is 1.20. The van der Waals surface area contributed by atoms with E-state index in [2.05, 4.69) is 0 Å². The predicted molar refractivity (Wildman–Crippen MR) is 86.5 cm³/mol. The Kier molecular flexibility index (Phi) is 4.11. The Hall–Kier alpha value is -2.33. The Morgan fingerprint density at radius 2 is 1.32 bits per heavy atom. The van der Waals surface area contributed by atoms with Gasteiger partial charge in [-0.3, -0.25) is 0 Å². The van der Waals surface area contributed by atoms with Crippen LogP contribution in [-0.2, 0) is 27.1 Å². The van der Waals surface area contributed by atoms with Crippen LogP contribution in [0.1, 0.15) is 11.1 Å². The van der Waals surface area contributed by atoms with Crippen molar-refractivity contribution < 1.29 is 12.6 Å². The van der Waals surface area contributed by atoms with E-state index in [4.69, 9.17) is 4.18 Å². The number of benzene rings is 2. The van der Waals surface area contributed by atoms with Gasteiger partial charge in [0.2, 0.25) is 0 Å². The molecular weight excluding hydrogens is 296 g/mol. The van der Waals surface area contributed by atoms with Gasteiger partial charge >= 0.3 is 10.1 Å². The lowest BCUT2D eigenvalue weighted by molar-refractivity contribution is 0.402. The van der Waals surface area contributed by atoms with Gasteiger partial charge in [-0.05, 0) is 29.2 Å². The first-order valence-electron chi connectivity index (χ1n) is 7.04. The average molecular weight is 312 g/mol. The highest BCUT2D eigenvalue weighted by Crippen LogP contribution is 2.23. The molecule has 0 saturated carbocycles. The summed E-state index contributed by atoms with van der Waals surface area (Å²) in [5.41, 5.74) is 2.83. The minimum absolute atomic E-state index is 0.458.